The van der Waals surface area contributed by atoms with E-state index in [1.165, 1.54) is 23.9 Å². The number of carbonyl (C=O) groups is 1. The summed E-state index contributed by atoms with van der Waals surface area (Å²) in [5.41, 5.74) is 3.04. The van der Waals surface area contributed by atoms with Gasteiger partial charge in [0.15, 0.2) is 5.50 Å². The molecule has 1 fully saturated rings. The number of hydrogen-bond donors (Lipinski definition) is 2. The molecule has 1 aliphatic rings. The van der Waals surface area contributed by atoms with Crippen molar-refractivity contribution in [3.05, 3.63) is 80.4 Å². The molecule has 1 atom stereocenters. The Balaban J connectivity index is 1.51. The lowest BCUT2D eigenvalue weighted by Gasteiger charge is -2.16. The summed E-state index contributed by atoms with van der Waals surface area (Å²) in [6.45, 7) is 3.77. The summed E-state index contributed by atoms with van der Waals surface area (Å²) in [7, 11) is 1.60. The highest BCUT2D eigenvalue weighted by Gasteiger charge is 2.28. The Bertz CT molecular complexity index is 1230. The fraction of sp³-hybridized carbons (Fsp3) is 0.174. The number of nitro benzene ring substituents is 1. The van der Waals surface area contributed by atoms with Crippen molar-refractivity contribution in [3.63, 3.8) is 0 Å². The third-order valence-electron chi connectivity index (χ3n) is 4.96. The summed E-state index contributed by atoms with van der Waals surface area (Å²) in [6, 6.07) is 13.9. The second-order valence-corrected chi connectivity index (χ2v) is 8.43. The number of nitro groups is 1. The van der Waals surface area contributed by atoms with Crippen LogP contribution in [0.4, 0.5) is 11.4 Å². The number of rotatable bonds is 6. The van der Waals surface area contributed by atoms with Crippen molar-refractivity contribution >= 4 is 35.1 Å². The van der Waals surface area contributed by atoms with Gasteiger partial charge in [-0.3, -0.25) is 14.9 Å². The fourth-order valence-corrected chi connectivity index (χ4v) is 4.34. The smallest absolute Gasteiger partial charge is 0.269 e. The zero-order valence-electron chi connectivity index (χ0n) is 17.7. The maximum Gasteiger partial charge on any atom is 0.269 e. The lowest BCUT2D eigenvalue weighted by Crippen LogP contribution is -2.31. The van der Waals surface area contributed by atoms with Gasteiger partial charge < -0.3 is 19.8 Å². The van der Waals surface area contributed by atoms with E-state index in [9.17, 15) is 14.9 Å². The fourth-order valence-electron chi connectivity index (χ4n) is 3.38. The van der Waals surface area contributed by atoms with Gasteiger partial charge in [0, 0.05) is 23.8 Å². The molecule has 1 aliphatic heterocycles. The molecule has 2 heterocycles. The van der Waals surface area contributed by atoms with Crippen LogP contribution >= 0.6 is 11.8 Å². The van der Waals surface area contributed by atoms with Gasteiger partial charge in [-0.2, -0.15) is 0 Å². The second kappa shape index (κ2) is 8.80. The molecule has 1 aromatic heterocycles. The van der Waals surface area contributed by atoms with E-state index in [2.05, 4.69) is 10.6 Å². The van der Waals surface area contributed by atoms with Gasteiger partial charge >= 0.3 is 0 Å². The molecular formula is C23H21N3O5S. The predicted octanol–water partition coefficient (Wildman–Crippen LogP) is 5.08. The number of nitrogens with zero attached hydrogens (tertiary/aromatic N) is 1. The first kappa shape index (κ1) is 21.5. The van der Waals surface area contributed by atoms with Crippen LogP contribution in [0.2, 0.25) is 0 Å². The third kappa shape index (κ3) is 4.47. The lowest BCUT2D eigenvalue weighted by atomic mass is 10.1. The van der Waals surface area contributed by atoms with E-state index < -0.39 is 4.92 Å². The molecule has 0 radical (unpaired) electrons. The van der Waals surface area contributed by atoms with Crippen LogP contribution in [0, 0.1) is 24.0 Å². The molecule has 3 aromatic rings. The number of furan rings is 1. The number of carbonyl (C=O) groups excluding carboxylic acids is 1. The van der Waals surface area contributed by atoms with Gasteiger partial charge in [0.2, 0.25) is 0 Å². The Hall–Kier alpha value is -3.72. The molecule has 2 N–H and O–H groups in total. The molecule has 164 valence electrons. The molecule has 0 saturated carbocycles. The summed E-state index contributed by atoms with van der Waals surface area (Å²) in [6.07, 6.45) is 1.68. The van der Waals surface area contributed by atoms with Crippen molar-refractivity contribution in [1.82, 2.24) is 5.32 Å². The number of non-ortho nitro benzene ring substituents is 1. The van der Waals surface area contributed by atoms with Crippen molar-refractivity contribution in [3.8, 4) is 17.1 Å². The van der Waals surface area contributed by atoms with Gasteiger partial charge in [-0.1, -0.05) is 17.8 Å². The van der Waals surface area contributed by atoms with Crippen LogP contribution in [0.15, 0.2) is 57.9 Å². The largest absolute Gasteiger partial charge is 0.495 e. The SMILES string of the molecule is COc1ccc(C)cc1NC1NC(=O)/C(=C/c2ccc(-c3ccc([N+](=O)[O-])cc3C)o2)S1. The number of methoxy groups -OCH3 is 1. The maximum absolute atomic E-state index is 12.5. The summed E-state index contributed by atoms with van der Waals surface area (Å²) in [4.78, 5) is 23.5. The van der Waals surface area contributed by atoms with Gasteiger partial charge in [-0.15, -0.1) is 0 Å². The van der Waals surface area contributed by atoms with Crippen LogP contribution in [-0.4, -0.2) is 23.4 Å². The topological polar surface area (TPSA) is 107 Å². The number of nitrogens with one attached hydrogen (secondary N) is 2. The molecule has 2 aromatic carbocycles. The summed E-state index contributed by atoms with van der Waals surface area (Å²) in [5.74, 6) is 1.58. The van der Waals surface area contributed by atoms with Gasteiger partial charge in [0.1, 0.15) is 17.3 Å². The standard InChI is InChI=1S/C23H21N3O5S/c1-13-4-8-20(30-3)18(10-13)24-23-25-22(27)21(32-23)12-16-6-9-19(31-16)17-7-5-15(26(28)29)11-14(17)2/h4-12,23-24H,1-3H3,(H,25,27)/b21-12-. The van der Waals surface area contributed by atoms with Crippen LogP contribution in [-0.2, 0) is 4.79 Å². The zero-order chi connectivity index (χ0) is 22.8. The van der Waals surface area contributed by atoms with E-state index in [1.54, 1.807) is 38.3 Å². The first-order chi connectivity index (χ1) is 15.3. The Kier molecular flexibility index (Phi) is 5.91. The van der Waals surface area contributed by atoms with Crippen LogP contribution in [0.3, 0.4) is 0 Å². The summed E-state index contributed by atoms with van der Waals surface area (Å²) in [5, 5.41) is 17.1. The number of amides is 1. The van der Waals surface area contributed by atoms with E-state index in [1.807, 2.05) is 25.1 Å². The van der Waals surface area contributed by atoms with Gasteiger partial charge in [0.25, 0.3) is 11.6 Å². The Labute approximate surface area is 188 Å². The minimum Gasteiger partial charge on any atom is -0.495 e. The number of anilines is 1. The van der Waals surface area contributed by atoms with Gasteiger partial charge in [-0.05, 0) is 55.3 Å². The molecule has 1 amide bonds. The normalized spacial score (nSPS) is 16.8. The van der Waals surface area contributed by atoms with Crippen molar-refractivity contribution < 1.29 is 18.9 Å². The van der Waals surface area contributed by atoms with E-state index in [4.69, 9.17) is 9.15 Å². The minimum atomic E-state index is -0.429. The number of thioether (sulfide) groups is 1. The summed E-state index contributed by atoms with van der Waals surface area (Å²) < 4.78 is 11.3. The minimum absolute atomic E-state index is 0.0305. The van der Waals surface area contributed by atoms with Crippen molar-refractivity contribution in [2.24, 2.45) is 0 Å². The van der Waals surface area contributed by atoms with Crippen LogP contribution in [0.1, 0.15) is 16.9 Å². The average Bonchev–Trinajstić information content (AvgIpc) is 3.34. The number of aryl methyl sites for hydroxylation is 2. The summed E-state index contributed by atoms with van der Waals surface area (Å²) >= 11 is 1.35. The molecule has 0 bridgehead atoms. The second-order valence-electron chi connectivity index (χ2n) is 7.29. The molecule has 8 nitrogen and oxygen atoms in total. The lowest BCUT2D eigenvalue weighted by molar-refractivity contribution is -0.384. The first-order valence-electron chi connectivity index (χ1n) is 9.79. The highest BCUT2D eigenvalue weighted by Crippen LogP contribution is 2.35. The van der Waals surface area contributed by atoms with Crippen LogP contribution in [0.25, 0.3) is 17.4 Å². The zero-order valence-corrected chi connectivity index (χ0v) is 18.5. The molecule has 4 rings (SSSR count). The Morgan fingerprint density at radius 3 is 2.72 bits per heavy atom. The van der Waals surface area contributed by atoms with Crippen LogP contribution < -0.4 is 15.4 Å². The Morgan fingerprint density at radius 2 is 2.00 bits per heavy atom. The van der Waals surface area contributed by atoms with E-state index >= 15 is 0 Å². The van der Waals surface area contributed by atoms with E-state index in [0.29, 0.717) is 22.2 Å². The molecule has 1 saturated heterocycles. The molecule has 0 spiro atoms. The van der Waals surface area contributed by atoms with Crippen molar-refractivity contribution in [2.75, 3.05) is 12.4 Å². The highest BCUT2D eigenvalue weighted by atomic mass is 32.2. The number of ether oxygens (including phenoxy) is 1. The molecular weight excluding hydrogens is 430 g/mol. The number of benzene rings is 2. The van der Waals surface area contributed by atoms with Gasteiger partial charge in [0.05, 0.1) is 22.6 Å². The highest BCUT2D eigenvalue weighted by molar-refractivity contribution is 8.05. The third-order valence-corrected chi connectivity index (χ3v) is 5.99. The average molecular weight is 452 g/mol. The molecule has 32 heavy (non-hydrogen) atoms. The number of hydrogen-bond acceptors (Lipinski definition) is 7. The van der Waals surface area contributed by atoms with Crippen molar-refractivity contribution in [1.29, 1.82) is 0 Å². The van der Waals surface area contributed by atoms with Crippen molar-refractivity contribution in [2.45, 2.75) is 19.3 Å². The van der Waals surface area contributed by atoms with E-state index in [0.717, 1.165) is 22.4 Å². The van der Waals surface area contributed by atoms with Crippen LogP contribution in [0.5, 0.6) is 5.75 Å². The molecule has 9 heteroatoms. The molecule has 1 unspecified atom stereocenters. The Morgan fingerprint density at radius 1 is 1.19 bits per heavy atom. The van der Waals surface area contributed by atoms with Gasteiger partial charge in [-0.25, -0.2) is 0 Å². The monoisotopic (exact) mass is 451 g/mol. The maximum atomic E-state index is 12.5. The first-order valence-corrected chi connectivity index (χ1v) is 10.7. The predicted molar refractivity (Wildman–Crippen MR) is 124 cm³/mol. The van der Waals surface area contributed by atoms with E-state index in [-0.39, 0.29) is 17.1 Å². The quantitative estimate of drug-likeness (QED) is 0.306. The molecule has 0 aliphatic carbocycles.